The Bertz CT molecular complexity index is 692. The molecule has 2 rings (SSSR count). The van der Waals surface area contributed by atoms with E-state index in [1.807, 2.05) is 0 Å². The molecule has 8 heteroatoms. The molecule has 0 amide bonds. The van der Waals surface area contributed by atoms with Crippen molar-refractivity contribution in [2.75, 3.05) is 5.32 Å². The smallest absolute Gasteiger partial charge is 0.275 e. The van der Waals surface area contributed by atoms with E-state index in [1.165, 1.54) is 42.5 Å². The highest BCUT2D eigenvalue weighted by molar-refractivity contribution is 7.80. The third-order valence-corrected chi connectivity index (χ3v) is 2.52. The summed E-state index contributed by atoms with van der Waals surface area (Å²) < 4.78 is 18.3. The molecule has 0 fully saturated rings. The Labute approximate surface area is 124 Å². The lowest BCUT2D eigenvalue weighted by molar-refractivity contribution is -0.384. The van der Waals surface area contributed by atoms with Crippen molar-refractivity contribution in [1.29, 1.82) is 0 Å². The van der Waals surface area contributed by atoms with E-state index in [-0.39, 0.29) is 16.5 Å². The van der Waals surface area contributed by atoms with Gasteiger partial charge < -0.3 is 15.8 Å². The first-order chi connectivity index (χ1) is 9.94. The van der Waals surface area contributed by atoms with Crippen LogP contribution in [0.1, 0.15) is 0 Å². The lowest BCUT2D eigenvalue weighted by Gasteiger charge is -2.09. The number of rotatable bonds is 4. The molecule has 0 atom stereocenters. The molecule has 0 aliphatic rings. The molecule has 0 radical (unpaired) electrons. The Morgan fingerprint density at radius 2 is 1.90 bits per heavy atom. The second kappa shape index (κ2) is 6.14. The maximum Gasteiger partial charge on any atom is 0.275 e. The summed E-state index contributed by atoms with van der Waals surface area (Å²) in [5, 5.41) is 13.5. The van der Waals surface area contributed by atoms with Crippen molar-refractivity contribution in [3.8, 4) is 11.5 Å². The number of nitrogens with one attached hydrogen (secondary N) is 1. The van der Waals surface area contributed by atoms with Crippen molar-refractivity contribution in [2.45, 2.75) is 0 Å². The normalized spacial score (nSPS) is 9.95. The summed E-state index contributed by atoms with van der Waals surface area (Å²) in [6, 6.07) is 9.28. The molecule has 0 aromatic heterocycles. The predicted molar refractivity (Wildman–Crippen MR) is 80.0 cm³/mol. The number of thiocarbonyl (C=S) groups is 1. The van der Waals surface area contributed by atoms with Crippen LogP contribution in [0, 0.1) is 15.9 Å². The number of benzene rings is 2. The highest BCUT2D eigenvalue weighted by Gasteiger charge is 2.11. The van der Waals surface area contributed by atoms with E-state index in [0.717, 1.165) is 0 Å². The van der Waals surface area contributed by atoms with Crippen molar-refractivity contribution < 1.29 is 14.1 Å². The lowest BCUT2D eigenvalue weighted by Crippen LogP contribution is -2.18. The van der Waals surface area contributed by atoms with Gasteiger partial charge in [-0.25, -0.2) is 4.39 Å². The number of anilines is 1. The first-order valence-electron chi connectivity index (χ1n) is 5.73. The monoisotopic (exact) mass is 307 g/mol. The second-order valence-corrected chi connectivity index (χ2v) is 4.46. The summed E-state index contributed by atoms with van der Waals surface area (Å²) >= 11 is 4.69. The molecule has 0 saturated carbocycles. The Kier molecular flexibility index (Phi) is 4.29. The number of nitro groups is 1. The number of nitro benzene ring substituents is 1. The molecular weight excluding hydrogens is 297 g/mol. The van der Waals surface area contributed by atoms with E-state index in [9.17, 15) is 14.5 Å². The van der Waals surface area contributed by atoms with Gasteiger partial charge in [0.1, 0.15) is 17.3 Å². The molecule has 0 bridgehead atoms. The third-order valence-electron chi connectivity index (χ3n) is 2.42. The van der Waals surface area contributed by atoms with E-state index in [1.54, 1.807) is 0 Å². The maximum absolute atomic E-state index is 12.8. The van der Waals surface area contributed by atoms with Gasteiger partial charge in [0.15, 0.2) is 5.11 Å². The molecule has 0 heterocycles. The Morgan fingerprint density at radius 3 is 2.48 bits per heavy atom. The van der Waals surface area contributed by atoms with Crippen LogP contribution in [0.15, 0.2) is 42.5 Å². The summed E-state index contributed by atoms with van der Waals surface area (Å²) in [4.78, 5) is 10.3. The van der Waals surface area contributed by atoms with E-state index < -0.39 is 10.7 Å². The van der Waals surface area contributed by atoms with Gasteiger partial charge in [0.2, 0.25) is 0 Å². The average Bonchev–Trinajstić information content (AvgIpc) is 2.40. The second-order valence-electron chi connectivity index (χ2n) is 4.02. The van der Waals surface area contributed by atoms with E-state index in [4.69, 9.17) is 10.5 Å². The van der Waals surface area contributed by atoms with Crippen molar-refractivity contribution >= 4 is 28.7 Å². The number of hydrogen-bond donors (Lipinski definition) is 2. The topological polar surface area (TPSA) is 90.4 Å². The van der Waals surface area contributed by atoms with Crippen molar-refractivity contribution in [1.82, 2.24) is 0 Å². The lowest BCUT2D eigenvalue weighted by atomic mass is 10.2. The summed E-state index contributed by atoms with van der Waals surface area (Å²) in [5.74, 6) is 0.143. The van der Waals surface area contributed by atoms with Gasteiger partial charge in [0.25, 0.3) is 5.69 Å². The minimum absolute atomic E-state index is 0.0248. The number of nitrogens with zero attached hydrogens (tertiary/aromatic N) is 1. The van der Waals surface area contributed by atoms with Gasteiger partial charge in [-0.15, -0.1) is 0 Å². The zero-order chi connectivity index (χ0) is 15.4. The van der Waals surface area contributed by atoms with Crippen molar-refractivity contribution in [3.63, 3.8) is 0 Å². The Morgan fingerprint density at radius 1 is 1.24 bits per heavy atom. The molecule has 6 nitrogen and oxygen atoms in total. The van der Waals surface area contributed by atoms with Crippen LogP contribution in [-0.2, 0) is 0 Å². The highest BCUT2D eigenvalue weighted by atomic mass is 32.1. The van der Waals surface area contributed by atoms with Crippen LogP contribution >= 0.6 is 12.2 Å². The molecule has 108 valence electrons. The van der Waals surface area contributed by atoms with Gasteiger partial charge in [0.05, 0.1) is 16.7 Å². The van der Waals surface area contributed by atoms with Crippen LogP contribution in [-0.4, -0.2) is 10.0 Å². The minimum Gasteiger partial charge on any atom is -0.457 e. The van der Waals surface area contributed by atoms with Crippen LogP contribution in [0.2, 0.25) is 0 Å². The molecule has 0 aliphatic carbocycles. The standard InChI is InChI=1S/C13H10FN3O3S/c14-8-1-3-11(4-2-8)20-12-6-9(16-13(15)21)5-10(7-12)17(18)19/h1-7H,(H3,15,16,21). The number of hydrogen-bond acceptors (Lipinski definition) is 4. The molecule has 2 aromatic rings. The summed E-state index contributed by atoms with van der Waals surface area (Å²) in [7, 11) is 0. The largest absolute Gasteiger partial charge is 0.457 e. The number of halogens is 1. The van der Waals surface area contributed by atoms with E-state index in [2.05, 4.69) is 17.5 Å². The fourth-order valence-electron chi connectivity index (χ4n) is 1.60. The third kappa shape index (κ3) is 4.11. The SMILES string of the molecule is NC(=S)Nc1cc(Oc2ccc(F)cc2)cc([N+](=O)[O-])c1. The van der Waals surface area contributed by atoms with Crippen LogP contribution in [0.3, 0.4) is 0 Å². The van der Waals surface area contributed by atoms with Gasteiger partial charge in [-0.1, -0.05) is 0 Å². The fourth-order valence-corrected chi connectivity index (χ4v) is 1.72. The summed E-state index contributed by atoms with van der Waals surface area (Å²) in [6.45, 7) is 0. The zero-order valence-electron chi connectivity index (χ0n) is 10.6. The molecule has 0 aliphatic heterocycles. The van der Waals surface area contributed by atoms with Crippen LogP contribution in [0.25, 0.3) is 0 Å². The zero-order valence-corrected chi connectivity index (χ0v) is 11.4. The molecule has 0 saturated heterocycles. The van der Waals surface area contributed by atoms with E-state index in [0.29, 0.717) is 11.4 Å². The van der Waals surface area contributed by atoms with Gasteiger partial charge in [-0.05, 0) is 36.5 Å². The summed E-state index contributed by atoms with van der Waals surface area (Å²) in [5.41, 5.74) is 5.48. The van der Waals surface area contributed by atoms with Crippen LogP contribution < -0.4 is 15.8 Å². The van der Waals surface area contributed by atoms with Crippen molar-refractivity contribution in [3.05, 3.63) is 58.4 Å². The molecule has 0 spiro atoms. The van der Waals surface area contributed by atoms with Gasteiger partial charge in [-0.3, -0.25) is 10.1 Å². The van der Waals surface area contributed by atoms with E-state index >= 15 is 0 Å². The summed E-state index contributed by atoms with van der Waals surface area (Å²) in [6.07, 6.45) is 0. The molecule has 21 heavy (non-hydrogen) atoms. The molecule has 3 N–H and O–H groups in total. The van der Waals surface area contributed by atoms with Gasteiger partial charge in [0, 0.05) is 12.1 Å². The number of nitrogens with two attached hydrogens (primary N) is 1. The van der Waals surface area contributed by atoms with Crippen LogP contribution in [0.5, 0.6) is 11.5 Å². The molecule has 2 aromatic carbocycles. The van der Waals surface area contributed by atoms with Crippen molar-refractivity contribution in [2.24, 2.45) is 5.73 Å². The number of non-ortho nitro benzene ring substituents is 1. The molecule has 0 unspecified atom stereocenters. The first kappa shape index (κ1) is 14.7. The fraction of sp³-hybridized carbons (Fsp3) is 0. The highest BCUT2D eigenvalue weighted by Crippen LogP contribution is 2.29. The average molecular weight is 307 g/mol. The first-order valence-corrected chi connectivity index (χ1v) is 6.14. The minimum atomic E-state index is -0.567. The van der Waals surface area contributed by atoms with Crippen LogP contribution in [0.4, 0.5) is 15.8 Å². The number of ether oxygens (including phenoxy) is 1. The molecular formula is C13H10FN3O3S. The Hall–Kier alpha value is -2.74. The van der Waals surface area contributed by atoms with Gasteiger partial charge >= 0.3 is 0 Å². The Balaban J connectivity index is 2.32. The van der Waals surface area contributed by atoms with Gasteiger partial charge in [-0.2, -0.15) is 0 Å². The predicted octanol–water partition coefficient (Wildman–Crippen LogP) is 3.18. The quantitative estimate of drug-likeness (QED) is 0.512. The maximum atomic E-state index is 12.8.